The molecule has 6 nitrogen and oxygen atoms in total. The Hall–Kier alpha value is -2.47. The van der Waals surface area contributed by atoms with Crippen molar-refractivity contribution in [2.75, 3.05) is 31.1 Å². The van der Waals surface area contributed by atoms with E-state index in [2.05, 4.69) is 44.1 Å². The molecule has 3 rings (SSSR count). The Morgan fingerprint density at radius 3 is 2.37 bits per heavy atom. The van der Waals surface area contributed by atoms with E-state index in [9.17, 15) is 4.79 Å². The van der Waals surface area contributed by atoms with Gasteiger partial charge in [0.1, 0.15) is 0 Å². The first-order valence-electron chi connectivity index (χ1n) is 9.80. The van der Waals surface area contributed by atoms with E-state index >= 15 is 0 Å². The number of aromatic nitrogens is 2. The zero-order valence-electron chi connectivity index (χ0n) is 16.2. The van der Waals surface area contributed by atoms with Crippen LogP contribution in [0.5, 0.6) is 0 Å². The van der Waals surface area contributed by atoms with Crippen LogP contribution in [0, 0.1) is 0 Å². The van der Waals surface area contributed by atoms with Crippen molar-refractivity contribution >= 4 is 11.9 Å². The van der Waals surface area contributed by atoms with E-state index in [1.165, 1.54) is 5.56 Å². The summed E-state index contributed by atoms with van der Waals surface area (Å²) in [5.41, 5.74) is 1.17. The Labute approximate surface area is 161 Å². The molecule has 1 saturated heterocycles. The summed E-state index contributed by atoms with van der Waals surface area (Å²) in [5.74, 6) is 0.864. The predicted octanol–water partition coefficient (Wildman–Crippen LogP) is 2.64. The van der Waals surface area contributed by atoms with Crippen LogP contribution in [0.2, 0.25) is 0 Å². The van der Waals surface area contributed by atoms with Gasteiger partial charge in [0, 0.05) is 38.6 Å². The second-order valence-electron chi connectivity index (χ2n) is 7.01. The standard InChI is InChI=1S/C21H29N5O/c1-3-8-19(18-9-5-4-6-10-18)24-20(27)17(2)25-13-15-26(16-14-25)21-22-11-7-12-23-21/h4-7,9-12,17,19H,3,8,13-16H2,1-2H3,(H,24,27)/t17-,19+/m0/s1. The molecule has 0 unspecified atom stereocenters. The molecule has 1 N–H and O–H groups in total. The van der Waals surface area contributed by atoms with E-state index in [1.807, 2.05) is 31.2 Å². The number of carbonyl (C=O) groups excluding carboxylic acids is 1. The fraction of sp³-hybridized carbons (Fsp3) is 0.476. The number of benzene rings is 1. The van der Waals surface area contributed by atoms with Crippen molar-refractivity contribution in [2.45, 2.75) is 38.8 Å². The molecule has 2 atom stereocenters. The van der Waals surface area contributed by atoms with Crippen LogP contribution in [-0.4, -0.2) is 53.0 Å². The molecule has 144 valence electrons. The number of nitrogens with zero attached hydrogens (tertiary/aromatic N) is 4. The fourth-order valence-corrected chi connectivity index (χ4v) is 3.52. The van der Waals surface area contributed by atoms with Crippen LogP contribution < -0.4 is 10.2 Å². The maximum absolute atomic E-state index is 12.9. The van der Waals surface area contributed by atoms with Crippen LogP contribution in [0.25, 0.3) is 0 Å². The molecule has 2 aromatic rings. The number of rotatable bonds is 7. The van der Waals surface area contributed by atoms with E-state index in [-0.39, 0.29) is 18.0 Å². The maximum atomic E-state index is 12.9. The van der Waals surface area contributed by atoms with Crippen LogP contribution in [0.3, 0.4) is 0 Å². The first-order valence-corrected chi connectivity index (χ1v) is 9.80. The molecule has 0 saturated carbocycles. The summed E-state index contributed by atoms with van der Waals surface area (Å²) in [7, 11) is 0. The van der Waals surface area contributed by atoms with Gasteiger partial charge >= 0.3 is 0 Å². The highest BCUT2D eigenvalue weighted by Crippen LogP contribution is 2.19. The zero-order valence-corrected chi connectivity index (χ0v) is 16.2. The highest BCUT2D eigenvalue weighted by atomic mass is 16.2. The average Bonchev–Trinajstić information content (AvgIpc) is 2.74. The zero-order chi connectivity index (χ0) is 19.1. The largest absolute Gasteiger partial charge is 0.348 e. The average molecular weight is 367 g/mol. The maximum Gasteiger partial charge on any atom is 0.237 e. The van der Waals surface area contributed by atoms with Crippen molar-refractivity contribution in [3.8, 4) is 0 Å². The Kier molecular flexibility index (Phi) is 6.76. The van der Waals surface area contributed by atoms with E-state index in [0.717, 1.165) is 45.0 Å². The third kappa shape index (κ3) is 5.04. The molecular weight excluding hydrogens is 338 g/mol. The van der Waals surface area contributed by atoms with Gasteiger partial charge in [-0.25, -0.2) is 9.97 Å². The molecular formula is C21H29N5O. The topological polar surface area (TPSA) is 61.4 Å². The van der Waals surface area contributed by atoms with Gasteiger partial charge in [0.25, 0.3) is 0 Å². The first-order chi connectivity index (χ1) is 13.2. The summed E-state index contributed by atoms with van der Waals surface area (Å²) >= 11 is 0. The van der Waals surface area contributed by atoms with Crippen LogP contribution >= 0.6 is 0 Å². The summed E-state index contributed by atoms with van der Waals surface area (Å²) in [6.07, 6.45) is 5.51. The highest BCUT2D eigenvalue weighted by molar-refractivity contribution is 5.81. The van der Waals surface area contributed by atoms with Crippen molar-refractivity contribution < 1.29 is 4.79 Å². The van der Waals surface area contributed by atoms with Gasteiger partial charge in [-0.15, -0.1) is 0 Å². The smallest absolute Gasteiger partial charge is 0.237 e. The van der Waals surface area contributed by atoms with E-state index in [0.29, 0.717) is 0 Å². The minimum absolute atomic E-state index is 0.0742. The lowest BCUT2D eigenvalue weighted by Crippen LogP contribution is -2.54. The Morgan fingerprint density at radius 2 is 1.74 bits per heavy atom. The number of anilines is 1. The van der Waals surface area contributed by atoms with Crippen LogP contribution in [0.1, 0.15) is 38.3 Å². The molecule has 0 bridgehead atoms. The van der Waals surface area contributed by atoms with Crippen LogP contribution in [-0.2, 0) is 4.79 Å². The Balaban J connectivity index is 1.55. The Bertz CT molecular complexity index is 701. The van der Waals surface area contributed by atoms with Gasteiger partial charge in [-0.2, -0.15) is 0 Å². The van der Waals surface area contributed by atoms with Crippen molar-refractivity contribution in [2.24, 2.45) is 0 Å². The van der Waals surface area contributed by atoms with Gasteiger partial charge in [0.05, 0.1) is 12.1 Å². The monoisotopic (exact) mass is 367 g/mol. The highest BCUT2D eigenvalue weighted by Gasteiger charge is 2.27. The number of piperazine rings is 1. The van der Waals surface area contributed by atoms with E-state index in [4.69, 9.17) is 0 Å². The molecule has 1 aromatic carbocycles. The lowest BCUT2D eigenvalue weighted by Gasteiger charge is -2.37. The summed E-state index contributed by atoms with van der Waals surface area (Å²) in [5, 5.41) is 3.26. The van der Waals surface area contributed by atoms with E-state index < -0.39 is 0 Å². The normalized spacial score (nSPS) is 17.3. The number of hydrogen-bond acceptors (Lipinski definition) is 5. The molecule has 1 aromatic heterocycles. The lowest BCUT2D eigenvalue weighted by atomic mass is 10.0. The fourth-order valence-electron chi connectivity index (χ4n) is 3.52. The van der Waals surface area contributed by atoms with Crippen molar-refractivity contribution in [3.05, 3.63) is 54.4 Å². The second-order valence-corrected chi connectivity index (χ2v) is 7.01. The summed E-state index contributed by atoms with van der Waals surface area (Å²) < 4.78 is 0. The second kappa shape index (κ2) is 9.46. The first kappa shape index (κ1) is 19.3. The SMILES string of the molecule is CCC[C@@H](NC(=O)[C@H](C)N1CCN(c2ncccn2)CC1)c1ccccc1. The number of hydrogen-bond donors (Lipinski definition) is 1. The minimum atomic E-state index is -0.146. The van der Waals surface area contributed by atoms with E-state index in [1.54, 1.807) is 12.4 Å². The molecule has 2 heterocycles. The molecule has 27 heavy (non-hydrogen) atoms. The molecule has 1 aliphatic heterocycles. The predicted molar refractivity (Wildman–Crippen MR) is 108 cm³/mol. The molecule has 1 aliphatic rings. The van der Waals surface area contributed by atoms with Gasteiger partial charge < -0.3 is 10.2 Å². The van der Waals surface area contributed by atoms with Crippen LogP contribution in [0.15, 0.2) is 48.8 Å². The molecule has 0 radical (unpaired) electrons. The lowest BCUT2D eigenvalue weighted by molar-refractivity contribution is -0.126. The number of nitrogens with one attached hydrogen (secondary N) is 1. The van der Waals surface area contributed by atoms with Gasteiger partial charge in [0.15, 0.2) is 0 Å². The third-order valence-electron chi connectivity index (χ3n) is 5.17. The van der Waals surface area contributed by atoms with Crippen molar-refractivity contribution in [1.29, 1.82) is 0 Å². The van der Waals surface area contributed by atoms with Gasteiger partial charge in [-0.1, -0.05) is 43.7 Å². The molecule has 0 aliphatic carbocycles. The summed E-state index contributed by atoms with van der Waals surface area (Å²) in [6, 6.07) is 12.0. The number of carbonyl (C=O) groups is 1. The third-order valence-corrected chi connectivity index (χ3v) is 5.17. The summed E-state index contributed by atoms with van der Waals surface area (Å²) in [6.45, 7) is 7.47. The van der Waals surface area contributed by atoms with Crippen molar-refractivity contribution in [3.63, 3.8) is 0 Å². The van der Waals surface area contributed by atoms with Crippen LogP contribution in [0.4, 0.5) is 5.95 Å². The number of amides is 1. The minimum Gasteiger partial charge on any atom is -0.348 e. The molecule has 1 fully saturated rings. The van der Waals surface area contributed by atoms with Gasteiger partial charge in [-0.05, 0) is 25.0 Å². The van der Waals surface area contributed by atoms with Crippen molar-refractivity contribution in [1.82, 2.24) is 20.2 Å². The van der Waals surface area contributed by atoms with Gasteiger partial charge in [0.2, 0.25) is 11.9 Å². The molecule has 6 heteroatoms. The molecule has 0 spiro atoms. The van der Waals surface area contributed by atoms with Gasteiger partial charge in [-0.3, -0.25) is 9.69 Å². The Morgan fingerprint density at radius 1 is 1.07 bits per heavy atom. The summed E-state index contributed by atoms with van der Waals surface area (Å²) in [4.78, 5) is 25.9. The quantitative estimate of drug-likeness (QED) is 0.815. The molecule has 1 amide bonds.